The SMILES string of the molecule is CN(Cc1ccccc1)[C@H]1c2ccccc2C(C)(C)[C@@H]1O. The molecule has 0 aromatic heterocycles. The Morgan fingerprint density at radius 1 is 1.00 bits per heavy atom. The molecule has 2 atom stereocenters. The molecule has 3 rings (SSSR count). The van der Waals surface area contributed by atoms with E-state index >= 15 is 0 Å². The van der Waals surface area contributed by atoms with Gasteiger partial charge in [0.25, 0.3) is 0 Å². The molecule has 0 amide bonds. The molecule has 1 aliphatic rings. The topological polar surface area (TPSA) is 23.5 Å². The zero-order valence-corrected chi connectivity index (χ0v) is 13.0. The molecule has 0 saturated carbocycles. The Kier molecular flexibility index (Phi) is 3.60. The van der Waals surface area contributed by atoms with E-state index in [4.69, 9.17) is 0 Å². The lowest BCUT2D eigenvalue weighted by Crippen LogP contribution is -2.38. The van der Waals surface area contributed by atoms with Gasteiger partial charge >= 0.3 is 0 Å². The number of nitrogens with zero attached hydrogens (tertiary/aromatic N) is 1. The molecule has 0 heterocycles. The summed E-state index contributed by atoms with van der Waals surface area (Å²) in [5.41, 5.74) is 3.59. The fourth-order valence-electron chi connectivity index (χ4n) is 3.51. The van der Waals surface area contributed by atoms with Crippen molar-refractivity contribution < 1.29 is 5.11 Å². The molecule has 2 nitrogen and oxygen atoms in total. The number of likely N-dealkylation sites (N-methyl/N-ethyl adjacent to an activating group) is 1. The van der Waals surface area contributed by atoms with Crippen LogP contribution in [0.1, 0.15) is 36.6 Å². The van der Waals surface area contributed by atoms with E-state index in [-0.39, 0.29) is 17.6 Å². The first-order valence-electron chi connectivity index (χ1n) is 7.53. The maximum Gasteiger partial charge on any atom is 0.0828 e. The van der Waals surface area contributed by atoms with Gasteiger partial charge in [0, 0.05) is 12.0 Å². The van der Waals surface area contributed by atoms with Crippen molar-refractivity contribution in [2.45, 2.75) is 38.0 Å². The van der Waals surface area contributed by atoms with Crippen LogP contribution in [0, 0.1) is 0 Å². The molecular formula is C19H23NO. The molecule has 21 heavy (non-hydrogen) atoms. The Balaban J connectivity index is 1.92. The summed E-state index contributed by atoms with van der Waals surface area (Å²) >= 11 is 0. The van der Waals surface area contributed by atoms with E-state index in [9.17, 15) is 5.11 Å². The summed E-state index contributed by atoms with van der Waals surface area (Å²) in [6.07, 6.45) is -0.386. The molecule has 0 radical (unpaired) electrons. The van der Waals surface area contributed by atoms with Gasteiger partial charge in [-0.05, 0) is 23.7 Å². The molecule has 110 valence electrons. The first kappa shape index (κ1) is 14.3. The third-order valence-electron chi connectivity index (χ3n) is 4.76. The van der Waals surface area contributed by atoms with Crippen molar-refractivity contribution in [2.75, 3.05) is 7.05 Å². The molecule has 2 aromatic rings. The fourth-order valence-corrected chi connectivity index (χ4v) is 3.51. The van der Waals surface area contributed by atoms with Crippen molar-refractivity contribution in [3.63, 3.8) is 0 Å². The summed E-state index contributed by atoms with van der Waals surface area (Å²) in [5.74, 6) is 0. The van der Waals surface area contributed by atoms with Gasteiger partial charge in [-0.2, -0.15) is 0 Å². The zero-order chi connectivity index (χ0) is 15.0. The normalized spacial score (nSPS) is 23.3. The van der Waals surface area contributed by atoms with Gasteiger partial charge in [-0.3, -0.25) is 4.90 Å². The summed E-state index contributed by atoms with van der Waals surface area (Å²) in [4.78, 5) is 2.26. The number of hydrogen-bond donors (Lipinski definition) is 1. The molecule has 2 heteroatoms. The van der Waals surface area contributed by atoms with E-state index in [2.05, 4.69) is 74.3 Å². The van der Waals surface area contributed by atoms with Gasteiger partial charge in [0.05, 0.1) is 12.1 Å². The molecule has 2 aromatic carbocycles. The summed E-state index contributed by atoms with van der Waals surface area (Å²) in [5, 5.41) is 10.8. The number of benzene rings is 2. The maximum atomic E-state index is 10.8. The predicted molar refractivity (Wildman–Crippen MR) is 86.1 cm³/mol. The first-order valence-corrected chi connectivity index (χ1v) is 7.53. The second-order valence-electron chi connectivity index (χ2n) is 6.60. The zero-order valence-electron chi connectivity index (χ0n) is 13.0. The highest BCUT2D eigenvalue weighted by Gasteiger charge is 2.46. The minimum absolute atomic E-state index is 0.0522. The molecule has 1 aliphatic carbocycles. The monoisotopic (exact) mass is 281 g/mol. The van der Waals surface area contributed by atoms with Crippen molar-refractivity contribution in [1.82, 2.24) is 4.90 Å². The highest BCUT2D eigenvalue weighted by atomic mass is 16.3. The Morgan fingerprint density at radius 2 is 1.62 bits per heavy atom. The van der Waals surface area contributed by atoms with E-state index in [0.717, 1.165) is 6.54 Å². The lowest BCUT2D eigenvalue weighted by Gasteiger charge is -2.32. The van der Waals surface area contributed by atoms with Crippen LogP contribution in [0.2, 0.25) is 0 Å². The Bertz CT molecular complexity index is 620. The summed E-state index contributed by atoms with van der Waals surface area (Å²) in [7, 11) is 2.10. The third kappa shape index (κ3) is 2.39. The number of rotatable bonds is 3. The van der Waals surface area contributed by atoms with Crippen LogP contribution in [-0.2, 0) is 12.0 Å². The summed E-state index contributed by atoms with van der Waals surface area (Å²) in [6.45, 7) is 5.10. The molecule has 0 spiro atoms. The van der Waals surface area contributed by atoms with Crippen molar-refractivity contribution >= 4 is 0 Å². The smallest absolute Gasteiger partial charge is 0.0828 e. The molecule has 0 unspecified atom stereocenters. The third-order valence-corrected chi connectivity index (χ3v) is 4.76. The maximum absolute atomic E-state index is 10.8. The van der Waals surface area contributed by atoms with Crippen LogP contribution in [0.3, 0.4) is 0 Å². The highest BCUT2D eigenvalue weighted by Crippen LogP contribution is 2.47. The van der Waals surface area contributed by atoms with Crippen molar-refractivity contribution in [3.8, 4) is 0 Å². The van der Waals surface area contributed by atoms with Crippen molar-refractivity contribution in [2.24, 2.45) is 0 Å². The van der Waals surface area contributed by atoms with E-state index in [0.29, 0.717) is 0 Å². The van der Waals surface area contributed by atoms with Gasteiger partial charge in [0.1, 0.15) is 0 Å². The molecule has 0 saturated heterocycles. The lowest BCUT2D eigenvalue weighted by molar-refractivity contribution is 0.0285. The van der Waals surface area contributed by atoms with Crippen molar-refractivity contribution in [3.05, 3.63) is 71.3 Å². The Morgan fingerprint density at radius 3 is 2.33 bits per heavy atom. The summed E-state index contributed by atoms with van der Waals surface area (Å²) in [6, 6.07) is 18.9. The van der Waals surface area contributed by atoms with Crippen LogP contribution >= 0.6 is 0 Å². The van der Waals surface area contributed by atoms with Gasteiger partial charge in [0.15, 0.2) is 0 Å². The standard InChI is InChI=1S/C19H23NO/c1-19(2)16-12-8-7-11-15(16)17(18(19)21)20(3)13-14-9-5-4-6-10-14/h4-12,17-18,21H,13H2,1-3H3/t17-,18+/m0/s1. The molecule has 0 aliphatic heterocycles. The lowest BCUT2D eigenvalue weighted by atomic mass is 9.84. The number of aliphatic hydroxyl groups is 1. The van der Waals surface area contributed by atoms with E-state index in [1.54, 1.807) is 0 Å². The minimum Gasteiger partial charge on any atom is -0.390 e. The minimum atomic E-state index is -0.386. The van der Waals surface area contributed by atoms with Crippen LogP contribution in [0.4, 0.5) is 0 Å². The van der Waals surface area contributed by atoms with Gasteiger partial charge in [0.2, 0.25) is 0 Å². The number of hydrogen-bond acceptors (Lipinski definition) is 2. The van der Waals surface area contributed by atoms with Crippen molar-refractivity contribution in [1.29, 1.82) is 0 Å². The van der Waals surface area contributed by atoms with Crippen LogP contribution < -0.4 is 0 Å². The molecule has 0 bridgehead atoms. The quantitative estimate of drug-likeness (QED) is 0.930. The van der Waals surface area contributed by atoms with E-state index in [1.807, 2.05) is 6.07 Å². The van der Waals surface area contributed by atoms with E-state index in [1.165, 1.54) is 16.7 Å². The van der Waals surface area contributed by atoms with Crippen LogP contribution in [-0.4, -0.2) is 23.2 Å². The van der Waals surface area contributed by atoms with Gasteiger partial charge in [-0.1, -0.05) is 68.4 Å². The molecular weight excluding hydrogens is 258 g/mol. The Labute approximate surface area is 127 Å². The Hall–Kier alpha value is -1.64. The fraction of sp³-hybridized carbons (Fsp3) is 0.368. The highest BCUT2D eigenvalue weighted by molar-refractivity contribution is 5.43. The largest absolute Gasteiger partial charge is 0.390 e. The van der Waals surface area contributed by atoms with Crippen LogP contribution in [0.15, 0.2) is 54.6 Å². The second-order valence-corrected chi connectivity index (χ2v) is 6.60. The average molecular weight is 281 g/mol. The second kappa shape index (κ2) is 5.28. The molecule has 1 N–H and O–H groups in total. The first-order chi connectivity index (χ1) is 10.0. The average Bonchev–Trinajstić information content (AvgIpc) is 2.68. The summed E-state index contributed by atoms with van der Waals surface area (Å²) < 4.78 is 0. The van der Waals surface area contributed by atoms with Gasteiger partial charge < -0.3 is 5.11 Å². The van der Waals surface area contributed by atoms with Crippen LogP contribution in [0.5, 0.6) is 0 Å². The molecule has 0 fully saturated rings. The number of fused-ring (bicyclic) bond motifs is 1. The number of aliphatic hydroxyl groups excluding tert-OH is 1. The predicted octanol–water partition coefficient (Wildman–Crippen LogP) is 3.51. The van der Waals surface area contributed by atoms with Gasteiger partial charge in [-0.15, -0.1) is 0 Å². The van der Waals surface area contributed by atoms with E-state index < -0.39 is 0 Å². The van der Waals surface area contributed by atoms with Gasteiger partial charge in [-0.25, -0.2) is 0 Å². The van der Waals surface area contributed by atoms with Crippen LogP contribution in [0.25, 0.3) is 0 Å².